The summed E-state index contributed by atoms with van der Waals surface area (Å²) in [6, 6.07) is 7.95. The summed E-state index contributed by atoms with van der Waals surface area (Å²) >= 11 is 1.80. The summed E-state index contributed by atoms with van der Waals surface area (Å²) in [5.74, 6) is -1.82. The smallest absolute Gasteiger partial charge is 0.420 e. The number of carboxylic acids is 1. The molecule has 2 saturated heterocycles. The highest BCUT2D eigenvalue weighted by Crippen LogP contribution is 2.41. The van der Waals surface area contributed by atoms with E-state index in [0.717, 1.165) is 25.9 Å². The Morgan fingerprint density at radius 2 is 1.89 bits per heavy atom. The van der Waals surface area contributed by atoms with Crippen molar-refractivity contribution in [3.05, 3.63) is 52.2 Å². The molecule has 4 heterocycles. The molecule has 0 atom stereocenters. The highest BCUT2D eigenvalue weighted by molar-refractivity contribution is 7.19. The van der Waals surface area contributed by atoms with Crippen LogP contribution in [0.1, 0.15) is 52.2 Å². The summed E-state index contributed by atoms with van der Waals surface area (Å²) in [7, 11) is 0. The summed E-state index contributed by atoms with van der Waals surface area (Å²) < 4.78 is 41.4. The van der Waals surface area contributed by atoms with Gasteiger partial charge < -0.3 is 10.0 Å². The van der Waals surface area contributed by atoms with Crippen molar-refractivity contribution >= 4 is 33.4 Å². The van der Waals surface area contributed by atoms with Crippen LogP contribution in [-0.4, -0.2) is 61.9 Å². The minimum absolute atomic E-state index is 0.0453. The molecule has 0 saturated carbocycles. The number of hydrogen-bond donors (Lipinski definition) is 1. The molecule has 1 amide bonds. The molecule has 1 N–H and O–H groups in total. The Labute approximate surface area is 203 Å². The topological polar surface area (TPSA) is 78.7 Å². The molecule has 2 aliphatic rings. The molecule has 0 bridgehead atoms. The zero-order chi connectivity index (χ0) is 25.0. The first-order chi connectivity index (χ1) is 16.6. The number of benzene rings is 1. The van der Waals surface area contributed by atoms with Crippen molar-refractivity contribution < 1.29 is 27.9 Å². The van der Waals surface area contributed by atoms with Gasteiger partial charge in [-0.15, -0.1) is 11.3 Å². The van der Waals surface area contributed by atoms with Crippen LogP contribution in [0.2, 0.25) is 0 Å². The molecule has 2 aliphatic heterocycles. The maximum atomic E-state index is 13.2. The van der Waals surface area contributed by atoms with Crippen LogP contribution in [0, 0.1) is 6.92 Å². The average Bonchev–Trinajstić information content (AvgIpc) is 3.51. The fraction of sp³-hybridized carbons (Fsp3) is 0.458. The molecule has 0 aliphatic carbocycles. The first kappa shape index (κ1) is 23.8. The van der Waals surface area contributed by atoms with Gasteiger partial charge in [0, 0.05) is 40.9 Å². The lowest BCUT2D eigenvalue weighted by Gasteiger charge is -2.44. The van der Waals surface area contributed by atoms with Gasteiger partial charge in [0.2, 0.25) is 0 Å². The van der Waals surface area contributed by atoms with Gasteiger partial charge in [-0.25, -0.2) is 9.59 Å². The first-order valence-electron chi connectivity index (χ1n) is 11.5. The van der Waals surface area contributed by atoms with Crippen molar-refractivity contribution in [2.24, 2.45) is 0 Å². The molecule has 2 aromatic heterocycles. The second kappa shape index (κ2) is 8.63. The van der Waals surface area contributed by atoms with Gasteiger partial charge >= 0.3 is 18.2 Å². The lowest BCUT2D eigenvalue weighted by molar-refractivity contribution is -0.138. The van der Waals surface area contributed by atoms with Crippen LogP contribution in [0.25, 0.3) is 10.1 Å². The maximum Gasteiger partial charge on any atom is 0.420 e. The zero-order valence-corrected chi connectivity index (χ0v) is 20.0. The van der Waals surface area contributed by atoms with Gasteiger partial charge in [-0.2, -0.15) is 23.0 Å². The van der Waals surface area contributed by atoms with Crippen LogP contribution in [-0.2, 0) is 12.7 Å². The molecule has 0 radical (unpaired) electrons. The van der Waals surface area contributed by atoms with E-state index in [2.05, 4.69) is 41.2 Å². The van der Waals surface area contributed by atoms with E-state index in [-0.39, 0.29) is 5.54 Å². The predicted molar refractivity (Wildman–Crippen MR) is 125 cm³/mol. The minimum atomic E-state index is -4.91. The highest BCUT2D eigenvalue weighted by atomic mass is 32.1. The zero-order valence-electron chi connectivity index (χ0n) is 19.1. The Kier molecular flexibility index (Phi) is 5.87. The Balaban J connectivity index is 1.29. The molecule has 7 nitrogen and oxygen atoms in total. The van der Waals surface area contributed by atoms with Gasteiger partial charge in [0.25, 0.3) is 0 Å². The molecule has 5 rings (SSSR count). The summed E-state index contributed by atoms with van der Waals surface area (Å²) in [4.78, 5) is 29.3. The number of hydrogen-bond acceptors (Lipinski definition) is 5. The third kappa shape index (κ3) is 4.42. The average molecular weight is 507 g/mol. The van der Waals surface area contributed by atoms with Gasteiger partial charge in [-0.3, -0.25) is 4.90 Å². The molecular formula is C24H25F3N4O3S. The van der Waals surface area contributed by atoms with Crippen LogP contribution in [0.3, 0.4) is 0 Å². The Morgan fingerprint density at radius 3 is 2.54 bits per heavy atom. The number of halogens is 3. The molecule has 186 valence electrons. The third-order valence-corrected chi connectivity index (χ3v) is 8.28. The number of piperidine rings is 1. The van der Waals surface area contributed by atoms with E-state index in [1.165, 1.54) is 25.4 Å². The normalized spacial score (nSPS) is 18.6. The molecule has 2 fully saturated rings. The van der Waals surface area contributed by atoms with Crippen LogP contribution >= 0.6 is 11.3 Å². The van der Waals surface area contributed by atoms with Crippen molar-refractivity contribution in [1.29, 1.82) is 0 Å². The number of carbonyl (C=O) groups is 2. The lowest BCUT2D eigenvalue weighted by Crippen LogP contribution is -2.53. The third-order valence-electron chi connectivity index (χ3n) is 7.20. The van der Waals surface area contributed by atoms with E-state index in [4.69, 9.17) is 5.11 Å². The fourth-order valence-electron chi connectivity index (χ4n) is 5.36. The molecule has 1 spiro atoms. The number of amides is 1. The number of likely N-dealkylation sites (tertiary alicyclic amines) is 2. The highest BCUT2D eigenvalue weighted by Gasteiger charge is 2.45. The molecule has 0 unspecified atom stereocenters. The van der Waals surface area contributed by atoms with E-state index in [9.17, 15) is 22.8 Å². The summed E-state index contributed by atoms with van der Waals surface area (Å²) in [5, 5.41) is 13.8. The quantitative estimate of drug-likeness (QED) is 0.527. The number of aromatic carboxylic acids is 1. The van der Waals surface area contributed by atoms with Crippen molar-refractivity contribution in [3.63, 3.8) is 0 Å². The van der Waals surface area contributed by atoms with Crippen LogP contribution < -0.4 is 0 Å². The molecule has 11 heteroatoms. The number of aryl methyl sites for hydroxylation is 1. The van der Waals surface area contributed by atoms with E-state index >= 15 is 0 Å². The fourth-order valence-corrected chi connectivity index (χ4v) is 6.54. The molecular weight excluding hydrogens is 481 g/mol. The second-order valence-corrected chi connectivity index (χ2v) is 10.6. The van der Waals surface area contributed by atoms with Crippen LogP contribution in [0.15, 0.2) is 30.5 Å². The van der Waals surface area contributed by atoms with Gasteiger partial charge in [0.15, 0.2) is 5.69 Å². The largest absolute Gasteiger partial charge is 0.476 e. The first-order valence-corrected chi connectivity index (χ1v) is 12.3. The molecule has 1 aromatic carbocycles. The summed E-state index contributed by atoms with van der Waals surface area (Å²) in [6.45, 7) is 4.65. The minimum Gasteiger partial charge on any atom is -0.476 e. The molecule has 3 aromatic rings. The number of alkyl halides is 3. The number of fused-ring (bicyclic) bond motifs is 1. The van der Waals surface area contributed by atoms with Gasteiger partial charge in [-0.1, -0.05) is 12.1 Å². The number of carboxylic acid groups (broad SMARTS) is 1. The lowest BCUT2D eigenvalue weighted by atomic mass is 9.85. The molecule has 35 heavy (non-hydrogen) atoms. The van der Waals surface area contributed by atoms with Crippen molar-refractivity contribution in [3.8, 4) is 0 Å². The maximum absolute atomic E-state index is 13.2. The van der Waals surface area contributed by atoms with Gasteiger partial charge in [0.1, 0.15) is 5.56 Å². The number of thiophene rings is 1. The number of rotatable bonds is 3. The van der Waals surface area contributed by atoms with Crippen LogP contribution in [0.4, 0.5) is 18.0 Å². The van der Waals surface area contributed by atoms with E-state index in [0.29, 0.717) is 36.8 Å². The van der Waals surface area contributed by atoms with Crippen molar-refractivity contribution in [1.82, 2.24) is 19.6 Å². The SMILES string of the molecule is Cc1ccc2cc(CN3CCCC34CCN(C(=O)n3cc(C(F)(F)F)c(C(=O)O)n3)CC4)sc2c1. The Hall–Kier alpha value is -2.92. The van der Waals surface area contributed by atoms with Crippen molar-refractivity contribution in [2.75, 3.05) is 19.6 Å². The summed E-state index contributed by atoms with van der Waals surface area (Å²) in [6.07, 6.45) is -0.935. The second-order valence-electron chi connectivity index (χ2n) is 9.41. The van der Waals surface area contributed by atoms with Crippen LogP contribution in [0.5, 0.6) is 0 Å². The Bertz CT molecular complexity index is 1290. The number of carbonyl (C=O) groups excluding carboxylic acids is 1. The van der Waals surface area contributed by atoms with Gasteiger partial charge in [0.05, 0.1) is 0 Å². The monoisotopic (exact) mass is 506 g/mol. The predicted octanol–water partition coefficient (Wildman–Crippen LogP) is 5.22. The number of nitrogens with zero attached hydrogens (tertiary/aromatic N) is 4. The van der Waals surface area contributed by atoms with Crippen molar-refractivity contribution in [2.45, 2.75) is 50.9 Å². The van der Waals surface area contributed by atoms with E-state index < -0.39 is 29.4 Å². The van der Waals surface area contributed by atoms with E-state index in [1.54, 1.807) is 11.3 Å². The standard InChI is InChI=1S/C24H25F3N4O3S/c1-15-3-4-16-12-17(35-19(16)11-15)13-30-8-2-5-23(30)6-9-29(10-7-23)22(34)31-14-18(24(25,26)27)20(28-31)21(32)33/h3-4,11-12,14H,2,5-10,13H2,1H3,(H,32,33). The van der Waals surface area contributed by atoms with E-state index in [1.807, 2.05) is 0 Å². The number of aromatic nitrogens is 2. The Morgan fingerprint density at radius 1 is 1.14 bits per heavy atom. The summed E-state index contributed by atoms with van der Waals surface area (Å²) in [5.41, 5.74) is -1.40. The van der Waals surface area contributed by atoms with Gasteiger partial charge in [-0.05, 0) is 62.2 Å².